The van der Waals surface area contributed by atoms with Crippen molar-refractivity contribution in [1.82, 2.24) is 20.0 Å². The summed E-state index contributed by atoms with van der Waals surface area (Å²) in [6.45, 7) is 4.12. The number of nitrogens with zero attached hydrogens (tertiary/aromatic N) is 4. The minimum Gasteiger partial charge on any atom is -0.481 e. The molecule has 3 rings (SSSR count). The molecule has 0 spiro atoms. The van der Waals surface area contributed by atoms with E-state index in [4.69, 9.17) is 4.74 Å². The van der Waals surface area contributed by atoms with Crippen molar-refractivity contribution < 1.29 is 4.74 Å². The highest BCUT2D eigenvalue weighted by atomic mass is 16.5. The summed E-state index contributed by atoms with van der Waals surface area (Å²) in [5, 5.41) is 9.28. The quantitative estimate of drug-likeness (QED) is 0.738. The fraction of sp³-hybridized carbons (Fsp3) is 0.235. The lowest BCUT2D eigenvalue weighted by molar-refractivity contribution is 0.398. The Labute approximate surface area is 129 Å². The van der Waals surface area contributed by atoms with Crippen LogP contribution in [0.15, 0.2) is 48.7 Å². The molecule has 2 heterocycles. The number of benzene rings is 1. The lowest BCUT2D eigenvalue weighted by atomic mass is 10.1. The normalized spacial score (nSPS) is 10.9. The van der Waals surface area contributed by atoms with Crippen LogP contribution >= 0.6 is 0 Å². The second-order valence-electron chi connectivity index (χ2n) is 5.27. The molecule has 5 heteroatoms. The molecule has 0 aliphatic heterocycles. The van der Waals surface area contributed by atoms with Gasteiger partial charge in [-0.05, 0) is 19.9 Å². The summed E-state index contributed by atoms with van der Waals surface area (Å²) in [5.41, 5.74) is 3.66. The Balaban J connectivity index is 2.12. The lowest BCUT2D eigenvalue weighted by Gasteiger charge is -2.02. The molecule has 0 N–H and O–H groups in total. The predicted molar refractivity (Wildman–Crippen MR) is 85.6 cm³/mol. The Morgan fingerprint density at radius 3 is 2.14 bits per heavy atom. The third-order valence-corrected chi connectivity index (χ3v) is 3.36. The van der Waals surface area contributed by atoms with E-state index in [9.17, 15) is 0 Å². The molecule has 0 unspecified atom stereocenters. The maximum Gasteiger partial charge on any atom is 0.212 e. The fourth-order valence-corrected chi connectivity index (χ4v) is 2.18. The molecule has 1 aromatic carbocycles. The Bertz CT molecular complexity index is 748. The van der Waals surface area contributed by atoms with E-state index in [1.165, 1.54) is 0 Å². The van der Waals surface area contributed by atoms with Crippen LogP contribution in [-0.4, -0.2) is 27.1 Å². The number of methoxy groups -OCH3 is 1. The predicted octanol–water partition coefficient (Wildman–Crippen LogP) is 3.60. The molecule has 112 valence electrons. The summed E-state index contributed by atoms with van der Waals surface area (Å²) < 4.78 is 5.11. The Morgan fingerprint density at radius 2 is 1.59 bits per heavy atom. The number of aromatic nitrogens is 4. The first-order valence-electron chi connectivity index (χ1n) is 7.21. The van der Waals surface area contributed by atoms with Crippen LogP contribution in [0.25, 0.3) is 22.5 Å². The van der Waals surface area contributed by atoms with Gasteiger partial charge in [0.15, 0.2) is 0 Å². The summed E-state index contributed by atoms with van der Waals surface area (Å²) >= 11 is 0. The van der Waals surface area contributed by atoms with Crippen molar-refractivity contribution >= 4 is 0 Å². The molecular weight excluding hydrogens is 276 g/mol. The number of ether oxygens (including phenoxy) is 1. The maximum absolute atomic E-state index is 5.11. The molecule has 0 atom stereocenters. The van der Waals surface area contributed by atoms with Crippen LogP contribution in [0, 0.1) is 0 Å². The van der Waals surface area contributed by atoms with Gasteiger partial charge in [-0.25, -0.2) is 4.98 Å². The Kier molecular flexibility index (Phi) is 3.87. The molecule has 0 saturated heterocycles. The van der Waals surface area contributed by atoms with Gasteiger partial charge in [-0.3, -0.25) is 0 Å². The van der Waals surface area contributed by atoms with Gasteiger partial charge < -0.3 is 4.74 Å². The van der Waals surface area contributed by atoms with Gasteiger partial charge in [0.25, 0.3) is 0 Å². The summed E-state index contributed by atoms with van der Waals surface area (Å²) in [6, 6.07) is 14.0. The van der Waals surface area contributed by atoms with E-state index >= 15 is 0 Å². The van der Waals surface area contributed by atoms with Gasteiger partial charge in [0, 0.05) is 23.4 Å². The van der Waals surface area contributed by atoms with Gasteiger partial charge in [0.1, 0.15) is 11.4 Å². The summed E-state index contributed by atoms with van der Waals surface area (Å²) in [5.74, 6) is 0.585. The van der Waals surface area contributed by atoms with Crippen LogP contribution in [0.1, 0.15) is 19.9 Å². The molecule has 0 aliphatic rings. The van der Waals surface area contributed by atoms with Crippen LogP contribution in [0.5, 0.6) is 5.88 Å². The first kappa shape index (κ1) is 14.3. The zero-order valence-electron chi connectivity index (χ0n) is 12.9. The topological polar surface area (TPSA) is 52.8 Å². The van der Waals surface area contributed by atoms with Gasteiger partial charge in [-0.2, -0.15) is 15.0 Å². The highest BCUT2D eigenvalue weighted by Crippen LogP contribution is 2.29. The van der Waals surface area contributed by atoms with Crippen molar-refractivity contribution in [3.05, 3.63) is 48.7 Å². The first-order chi connectivity index (χ1) is 10.7. The van der Waals surface area contributed by atoms with Crippen LogP contribution in [0.3, 0.4) is 0 Å². The van der Waals surface area contributed by atoms with Gasteiger partial charge in [-0.1, -0.05) is 30.3 Å². The maximum atomic E-state index is 5.11. The minimum absolute atomic E-state index is 0.197. The minimum atomic E-state index is 0.197. The molecule has 0 fully saturated rings. The zero-order chi connectivity index (χ0) is 15.5. The lowest BCUT2D eigenvalue weighted by Crippen LogP contribution is -2.04. The smallest absolute Gasteiger partial charge is 0.212 e. The SMILES string of the molecule is COc1ccc(-c2nn(C(C)C)nc2-c2ccccc2)cn1. The van der Waals surface area contributed by atoms with Crippen molar-refractivity contribution in [2.75, 3.05) is 7.11 Å². The number of rotatable bonds is 4. The highest BCUT2D eigenvalue weighted by Gasteiger charge is 2.16. The van der Waals surface area contributed by atoms with E-state index in [0.29, 0.717) is 5.88 Å². The van der Waals surface area contributed by atoms with Crippen molar-refractivity contribution in [3.8, 4) is 28.4 Å². The number of hydrogen-bond acceptors (Lipinski definition) is 4. The highest BCUT2D eigenvalue weighted by molar-refractivity contribution is 5.77. The molecule has 2 aromatic heterocycles. The fourth-order valence-electron chi connectivity index (χ4n) is 2.18. The van der Waals surface area contributed by atoms with Crippen molar-refractivity contribution in [3.63, 3.8) is 0 Å². The van der Waals surface area contributed by atoms with Crippen LogP contribution in [-0.2, 0) is 0 Å². The van der Waals surface area contributed by atoms with Crippen LogP contribution in [0.4, 0.5) is 0 Å². The average molecular weight is 294 g/mol. The monoisotopic (exact) mass is 294 g/mol. The van der Waals surface area contributed by atoms with Gasteiger partial charge in [-0.15, -0.1) is 0 Å². The van der Waals surface area contributed by atoms with E-state index in [2.05, 4.69) is 29.0 Å². The molecular formula is C17H18N4O. The van der Waals surface area contributed by atoms with Crippen molar-refractivity contribution in [2.24, 2.45) is 0 Å². The molecule has 0 saturated carbocycles. The van der Waals surface area contributed by atoms with E-state index < -0.39 is 0 Å². The van der Waals surface area contributed by atoms with Gasteiger partial charge in [0.05, 0.1) is 13.2 Å². The Hall–Kier alpha value is -2.69. The van der Waals surface area contributed by atoms with E-state index in [-0.39, 0.29) is 6.04 Å². The van der Waals surface area contributed by atoms with Gasteiger partial charge in [0.2, 0.25) is 5.88 Å². The third kappa shape index (κ3) is 2.70. The second-order valence-corrected chi connectivity index (χ2v) is 5.27. The largest absolute Gasteiger partial charge is 0.481 e. The Morgan fingerprint density at radius 1 is 0.909 bits per heavy atom. The van der Waals surface area contributed by atoms with Crippen molar-refractivity contribution in [2.45, 2.75) is 19.9 Å². The molecule has 3 aromatic rings. The molecule has 0 bridgehead atoms. The summed E-state index contributed by atoms with van der Waals surface area (Å²) in [6.07, 6.45) is 1.76. The van der Waals surface area contributed by atoms with Crippen molar-refractivity contribution in [1.29, 1.82) is 0 Å². The number of pyridine rings is 1. The van der Waals surface area contributed by atoms with E-state index in [1.54, 1.807) is 18.1 Å². The molecule has 5 nitrogen and oxygen atoms in total. The third-order valence-electron chi connectivity index (χ3n) is 3.36. The standard InChI is InChI=1S/C17H18N4O/c1-12(2)21-19-16(13-7-5-4-6-8-13)17(20-21)14-9-10-15(22-3)18-11-14/h4-12H,1-3H3. The number of hydrogen-bond donors (Lipinski definition) is 0. The molecule has 22 heavy (non-hydrogen) atoms. The van der Waals surface area contributed by atoms with E-state index in [1.807, 2.05) is 42.5 Å². The van der Waals surface area contributed by atoms with E-state index in [0.717, 1.165) is 22.5 Å². The van der Waals surface area contributed by atoms with Crippen LogP contribution < -0.4 is 4.74 Å². The van der Waals surface area contributed by atoms with Crippen LogP contribution in [0.2, 0.25) is 0 Å². The molecule has 0 amide bonds. The molecule has 0 aliphatic carbocycles. The van der Waals surface area contributed by atoms with Gasteiger partial charge >= 0.3 is 0 Å². The first-order valence-corrected chi connectivity index (χ1v) is 7.21. The zero-order valence-corrected chi connectivity index (χ0v) is 12.9. The summed E-state index contributed by atoms with van der Waals surface area (Å²) in [4.78, 5) is 6.00. The molecule has 0 radical (unpaired) electrons. The second kappa shape index (κ2) is 5.97. The summed E-state index contributed by atoms with van der Waals surface area (Å²) in [7, 11) is 1.60. The average Bonchev–Trinajstić information content (AvgIpc) is 3.01.